The van der Waals surface area contributed by atoms with Gasteiger partial charge in [0.2, 0.25) is 0 Å². The maximum absolute atomic E-state index is 13.9. The highest BCUT2D eigenvalue weighted by Crippen LogP contribution is 2.22. The molecule has 0 aliphatic rings. The molecule has 1 rings (SSSR count). The van der Waals surface area contributed by atoms with Crippen molar-refractivity contribution in [3.8, 4) is 5.75 Å². The van der Waals surface area contributed by atoms with E-state index in [0.29, 0.717) is 11.3 Å². The summed E-state index contributed by atoms with van der Waals surface area (Å²) in [6.07, 6.45) is -0.348. The lowest BCUT2D eigenvalue weighted by atomic mass is 10.0. The highest BCUT2D eigenvalue weighted by Gasteiger charge is 2.21. The molecule has 21 heavy (non-hydrogen) atoms. The molecule has 0 aliphatic heterocycles. The van der Waals surface area contributed by atoms with E-state index in [1.807, 2.05) is 0 Å². The number of hydrogen-bond acceptors (Lipinski definition) is 4. The first kappa shape index (κ1) is 17.2. The molecule has 1 aromatic rings. The molecule has 0 bridgehead atoms. The van der Waals surface area contributed by atoms with E-state index in [2.05, 4.69) is 5.32 Å². The number of alkyl carbamates (subject to hydrolysis) is 1. The van der Waals surface area contributed by atoms with Gasteiger partial charge in [-0.05, 0) is 32.9 Å². The van der Waals surface area contributed by atoms with Gasteiger partial charge in [0.1, 0.15) is 17.2 Å². The van der Waals surface area contributed by atoms with Crippen molar-refractivity contribution in [2.45, 2.75) is 38.8 Å². The summed E-state index contributed by atoms with van der Waals surface area (Å²) in [4.78, 5) is 11.7. The number of carbonyl (C=O) groups is 1. The molecular formula is C15H23FN2O3. The summed E-state index contributed by atoms with van der Waals surface area (Å²) in [6, 6.07) is 4.14. The van der Waals surface area contributed by atoms with Crippen LogP contribution in [0.5, 0.6) is 5.75 Å². The van der Waals surface area contributed by atoms with Gasteiger partial charge in [-0.3, -0.25) is 0 Å². The Hall–Kier alpha value is -1.82. The minimum Gasteiger partial charge on any atom is -0.496 e. The second-order valence-electron chi connectivity index (χ2n) is 5.70. The van der Waals surface area contributed by atoms with Gasteiger partial charge in [0.15, 0.2) is 0 Å². The predicted octanol–water partition coefficient (Wildman–Crippen LogP) is 2.23. The van der Waals surface area contributed by atoms with E-state index < -0.39 is 23.6 Å². The van der Waals surface area contributed by atoms with E-state index in [1.54, 1.807) is 32.9 Å². The smallest absolute Gasteiger partial charge is 0.407 e. The zero-order valence-corrected chi connectivity index (χ0v) is 12.9. The zero-order valence-electron chi connectivity index (χ0n) is 12.9. The number of carbonyl (C=O) groups excluding carboxylic acids is 1. The minimum atomic E-state index is -0.598. The standard InChI is InChI=1S/C15H23FN2O3/c1-15(2,3)21-14(19)18-10(9-17)8-11-12(16)6-5-7-13(11)20-4/h5-7,10H,8-9,17H2,1-4H3,(H,18,19). The summed E-state index contributed by atoms with van der Waals surface area (Å²) in [5.41, 5.74) is 5.42. The van der Waals surface area contributed by atoms with Gasteiger partial charge in [0, 0.05) is 24.6 Å². The Morgan fingerprint density at radius 2 is 2.10 bits per heavy atom. The molecule has 0 heterocycles. The quantitative estimate of drug-likeness (QED) is 0.874. The second kappa shape index (κ2) is 7.26. The van der Waals surface area contributed by atoms with Crippen molar-refractivity contribution in [2.24, 2.45) is 5.73 Å². The van der Waals surface area contributed by atoms with Crippen LogP contribution in [-0.2, 0) is 11.2 Å². The van der Waals surface area contributed by atoms with Crippen LogP contribution >= 0.6 is 0 Å². The fourth-order valence-corrected chi connectivity index (χ4v) is 1.84. The number of nitrogens with two attached hydrogens (primary N) is 1. The molecule has 0 spiro atoms. The van der Waals surface area contributed by atoms with Crippen LogP contribution in [0.4, 0.5) is 9.18 Å². The molecular weight excluding hydrogens is 275 g/mol. The molecule has 5 nitrogen and oxygen atoms in total. The van der Waals surface area contributed by atoms with Gasteiger partial charge in [0.25, 0.3) is 0 Å². The zero-order chi connectivity index (χ0) is 16.0. The van der Waals surface area contributed by atoms with E-state index in [-0.39, 0.29) is 13.0 Å². The van der Waals surface area contributed by atoms with Crippen LogP contribution < -0.4 is 15.8 Å². The van der Waals surface area contributed by atoms with Gasteiger partial charge in [-0.25, -0.2) is 9.18 Å². The van der Waals surface area contributed by atoms with Crippen LogP contribution in [0.2, 0.25) is 0 Å². The maximum Gasteiger partial charge on any atom is 0.407 e. The summed E-state index contributed by atoms with van der Waals surface area (Å²) < 4.78 is 24.2. The summed E-state index contributed by atoms with van der Waals surface area (Å²) in [5, 5.41) is 2.64. The number of ether oxygens (including phenoxy) is 2. The molecule has 0 aromatic heterocycles. The first-order valence-corrected chi connectivity index (χ1v) is 6.77. The molecule has 0 aliphatic carbocycles. The highest BCUT2D eigenvalue weighted by molar-refractivity contribution is 5.68. The molecule has 6 heteroatoms. The van der Waals surface area contributed by atoms with Crippen molar-refractivity contribution in [1.29, 1.82) is 0 Å². The van der Waals surface area contributed by atoms with Crippen molar-refractivity contribution in [1.82, 2.24) is 5.32 Å². The normalized spacial score (nSPS) is 12.7. The summed E-state index contributed by atoms with van der Waals surface area (Å²) in [7, 11) is 1.47. The van der Waals surface area contributed by atoms with Gasteiger partial charge < -0.3 is 20.5 Å². The lowest BCUT2D eigenvalue weighted by molar-refractivity contribution is 0.0505. The third-order valence-electron chi connectivity index (χ3n) is 2.75. The van der Waals surface area contributed by atoms with E-state index in [4.69, 9.17) is 15.2 Å². The van der Waals surface area contributed by atoms with Crippen LogP contribution in [0.1, 0.15) is 26.3 Å². The Bertz CT molecular complexity index is 486. The minimum absolute atomic E-state index is 0.163. The first-order chi connectivity index (χ1) is 9.76. The Balaban J connectivity index is 2.77. The van der Waals surface area contributed by atoms with Gasteiger partial charge >= 0.3 is 6.09 Å². The molecule has 0 fully saturated rings. The molecule has 1 amide bonds. The topological polar surface area (TPSA) is 73.6 Å². The highest BCUT2D eigenvalue weighted by atomic mass is 19.1. The monoisotopic (exact) mass is 298 g/mol. The Labute approximate surface area is 124 Å². The number of rotatable bonds is 5. The van der Waals surface area contributed by atoms with E-state index in [9.17, 15) is 9.18 Å². The van der Waals surface area contributed by atoms with Crippen LogP contribution in [0.15, 0.2) is 18.2 Å². The van der Waals surface area contributed by atoms with Crippen molar-refractivity contribution in [2.75, 3.05) is 13.7 Å². The maximum atomic E-state index is 13.9. The number of nitrogens with one attached hydrogen (secondary N) is 1. The number of hydrogen-bond donors (Lipinski definition) is 2. The number of benzene rings is 1. The molecule has 118 valence electrons. The van der Waals surface area contributed by atoms with Gasteiger partial charge in [-0.15, -0.1) is 0 Å². The molecule has 1 unspecified atom stereocenters. The van der Waals surface area contributed by atoms with Crippen molar-refractivity contribution in [3.63, 3.8) is 0 Å². The Kier molecular flexibility index (Phi) is 5.96. The second-order valence-corrected chi connectivity index (χ2v) is 5.70. The first-order valence-electron chi connectivity index (χ1n) is 6.77. The number of halogens is 1. The van der Waals surface area contributed by atoms with Crippen LogP contribution in [0.25, 0.3) is 0 Å². The fraction of sp³-hybridized carbons (Fsp3) is 0.533. The van der Waals surface area contributed by atoms with E-state index in [0.717, 1.165) is 0 Å². The average molecular weight is 298 g/mol. The predicted molar refractivity (Wildman–Crippen MR) is 78.9 cm³/mol. The Morgan fingerprint density at radius 3 is 2.62 bits per heavy atom. The molecule has 3 N–H and O–H groups in total. The van der Waals surface area contributed by atoms with E-state index in [1.165, 1.54) is 13.2 Å². The van der Waals surface area contributed by atoms with Crippen LogP contribution in [0, 0.1) is 5.82 Å². The molecule has 0 saturated heterocycles. The Morgan fingerprint density at radius 1 is 1.43 bits per heavy atom. The van der Waals surface area contributed by atoms with Crippen molar-refractivity contribution >= 4 is 6.09 Å². The van der Waals surface area contributed by atoms with Crippen molar-refractivity contribution in [3.05, 3.63) is 29.6 Å². The summed E-state index contributed by atoms with van der Waals surface area (Å²) in [6.45, 7) is 5.47. The fourth-order valence-electron chi connectivity index (χ4n) is 1.84. The summed E-state index contributed by atoms with van der Waals surface area (Å²) in [5.74, 6) is 0.0400. The molecule has 1 aromatic carbocycles. The molecule has 0 radical (unpaired) electrons. The molecule has 0 saturated carbocycles. The molecule has 1 atom stereocenters. The third-order valence-corrected chi connectivity index (χ3v) is 2.75. The number of methoxy groups -OCH3 is 1. The number of amides is 1. The largest absolute Gasteiger partial charge is 0.496 e. The SMILES string of the molecule is COc1cccc(F)c1CC(CN)NC(=O)OC(C)(C)C. The van der Waals surface area contributed by atoms with E-state index >= 15 is 0 Å². The average Bonchev–Trinajstić information content (AvgIpc) is 2.37. The van der Waals surface area contributed by atoms with Crippen molar-refractivity contribution < 1.29 is 18.7 Å². The van der Waals surface area contributed by atoms with Crippen LogP contribution in [0.3, 0.4) is 0 Å². The van der Waals surface area contributed by atoms with Gasteiger partial charge in [0.05, 0.1) is 7.11 Å². The van der Waals surface area contributed by atoms with Gasteiger partial charge in [-0.1, -0.05) is 6.07 Å². The van der Waals surface area contributed by atoms with Crippen LogP contribution in [-0.4, -0.2) is 31.4 Å². The lowest BCUT2D eigenvalue weighted by Gasteiger charge is -2.23. The summed E-state index contributed by atoms with van der Waals surface area (Å²) >= 11 is 0. The third kappa shape index (κ3) is 5.59. The lowest BCUT2D eigenvalue weighted by Crippen LogP contribution is -2.44. The van der Waals surface area contributed by atoms with Gasteiger partial charge in [-0.2, -0.15) is 0 Å².